The lowest BCUT2D eigenvalue weighted by atomic mass is 9.86. The maximum absolute atomic E-state index is 11.0. The largest absolute Gasteiger partial charge is 0.391 e. The lowest BCUT2D eigenvalue weighted by Crippen LogP contribution is -2.50. The summed E-state index contributed by atoms with van der Waals surface area (Å²) in [4.78, 5) is 0. The Morgan fingerprint density at radius 3 is 2.32 bits per heavy atom. The van der Waals surface area contributed by atoms with Crippen LogP contribution in [0.15, 0.2) is 48.5 Å². The lowest BCUT2D eigenvalue weighted by molar-refractivity contribution is 0.0801. The van der Waals surface area contributed by atoms with E-state index in [1.807, 2.05) is 35.9 Å². The highest BCUT2D eigenvalue weighted by atomic mass is 28.3. The molecule has 0 radical (unpaired) electrons. The van der Waals surface area contributed by atoms with Crippen LogP contribution in [0.1, 0.15) is 18.1 Å². The molecule has 5 heteroatoms. The van der Waals surface area contributed by atoms with Crippen LogP contribution >= 0.6 is 0 Å². The van der Waals surface area contributed by atoms with Crippen LogP contribution in [-0.2, 0) is 5.54 Å². The second-order valence-corrected chi connectivity index (χ2v) is 13.7. The minimum atomic E-state index is -1.54. The first-order valence-corrected chi connectivity index (χ1v) is 12.5. The van der Waals surface area contributed by atoms with Crippen LogP contribution in [0.4, 0.5) is 0 Å². The molecule has 2 atom stereocenters. The first-order valence-electron chi connectivity index (χ1n) is 8.80. The zero-order valence-corrected chi connectivity index (χ0v) is 16.7. The number of fused-ring (bicyclic) bond motifs is 1. The molecule has 0 spiro atoms. The van der Waals surface area contributed by atoms with E-state index in [4.69, 9.17) is 0 Å². The lowest BCUT2D eigenvalue weighted by Gasteiger charge is -2.41. The molecule has 0 aliphatic rings. The maximum Gasteiger partial charge on any atom is 0.113 e. The van der Waals surface area contributed by atoms with Gasteiger partial charge in [0.2, 0.25) is 0 Å². The second-order valence-electron chi connectivity index (χ2n) is 8.19. The number of rotatable bonds is 5. The number of aliphatic hydroxyl groups excluding tert-OH is 1. The van der Waals surface area contributed by atoms with Crippen LogP contribution in [0, 0.1) is 6.92 Å². The number of para-hydroxylation sites is 1. The average Bonchev–Trinajstić information content (AvgIpc) is 2.96. The SMILES string of the molecule is Cc1ccc(C(C[Si](C)(C)C)(C(C)O)n2nnc3ccccc32)cc1. The Kier molecular flexibility index (Phi) is 4.56. The molecule has 0 amide bonds. The topological polar surface area (TPSA) is 50.9 Å². The molecule has 0 bridgehead atoms. The third kappa shape index (κ3) is 3.26. The van der Waals surface area contributed by atoms with Gasteiger partial charge >= 0.3 is 0 Å². The molecule has 25 heavy (non-hydrogen) atoms. The summed E-state index contributed by atoms with van der Waals surface area (Å²) in [5.74, 6) is 0. The van der Waals surface area contributed by atoms with E-state index in [-0.39, 0.29) is 0 Å². The Balaban J connectivity index is 2.32. The standard InChI is InChI=1S/C20H27N3OSi/c1-15-10-12-17(13-11-15)20(16(2)24,14-25(3,4)5)23-19-9-7-6-8-18(19)21-22-23/h6-13,16,24H,14H2,1-5H3. The van der Waals surface area contributed by atoms with Crippen LogP contribution in [0.3, 0.4) is 0 Å². The Bertz CT molecular complexity index is 865. The van der Waals surface area contributed by atoms with Crippen LogP contribution in [-0.4, -0.2) is 34.3 Å². The van der Waals surface area contributed by atoms with Crippen molar-refractivity contribution in [2.75, 3.05) is 0 Å². The van der Waals surface area contributed by atoms with E-state index in [0.29, 0.717) is 0 Å². The molecule has 132 valence electrons. The number of aromatic nitrogens is 3. The zero-order chi connectivity index (χ0) is 18.2. The van der Waals surface area contributed by atoms with Crippen molar-refractivity contribution in [1.82, 2.24) is 15.0 Å². The Morgan fingerprint density at radius 2 is 1.72 bits per heavy atom. The van der Waals surface area contributed by atoms with Crippen LogP contribution < -0.4 is 0 Å². The van der Waals surface area contributed by atoms with Gasteiger partial charge in [-0.3, -0.25) is 0 Å². The van der Waals surface area contributed by atoms with Gasteiger partial charge in [-0.1, -0.05) is 66.8 Å². The summed E-state index contributed by atoms with van der Waals surface area (Å²) in [6, 6.07) is 17.3. The quantitative estimate of drug-likeness (QED) is 0.699. The molecule has 4 nitrogen and oxygen atoms in total. The normalized spacial score (nSPS) is 15.9. The number of hydrogen-bond donors (Lipinski definition) is 1. The van der Waals surface area contributed by atoms with Crippen molar-refractivity contribution < 1.29 is 5.11 Å². The molecule has 0 saturated carbocycles. The first-order chi connectivity index (χ1) is 11.7. The fourth-order valence-corrected chi connectivity index (χ4v) is 5.95. The van der Waals surface area contributed by atoms with Crippen LogP contribution in [0.25, 0.3) is 11.0 Å². The molecule has 0 aliphatic carbocycles. The molecule has 0 saturated heterocycles. The number of nitrogens with zero attached hydrogens (tertiary/aromatic N) is 3. The van der Waals surface area contributed by atoms with Gasteiger partial charge in [-0.25, -0.2) is 4.68 Å². The first kappa shape index (κ1) is 17.8. The molecule has 3 aromatic rings. The van der Waals surface area contributed by atoms with E-state index in [9.17, 15) is 5.11 Å². The summed E-state index contributed by atoms with van der Waals surface area (Å²) in [5.41, 5.74) is 3.50. The summed E-state index contributed by atoms with van der Waals surface area (Å²) < 4.78 is 1.95. The number of aryl methyl sites for hydroxylation is 1. The summed E-state index contributed by atoms with van der Waals surface area (Å²) in [6.45, 7) is 10.9. The van der Waals surface area contributed by atoms with E-state index < -0.39 is 19.7 Å². The molecule has 0 fully saturated rings. The second kappa shape index (κ2) is 6.39. The van der Waals surface area contributed by atoms with Crippen molar-refractivity contribution in [1.29, 1.82) is 0 Å². The maximum atomic E-state index is 11.0. The van der Waals surface area contributed by atoms with Gasteiger partial charge in [0, 0.05) is 8.07 Å². The highest BCUT2D eigenvalue weighted by Gasteiger charge is 2.44. The van der Waals surface area contributed by atoms with Crippen molar-refractivity contribution in [2.45, 2.75) is 51.2 Å². The van der Waals surface area contributed by atoms with Gasteiger partial charge in [0.25, 0.3) is 0 Å². The summed E-state index contributed by atoms with van der Waals surface area (Å²) in [5, 5.41) is 19.9. The highest BCUT2D eigenvalue weighted by Crippen LogP contribution is 2.39. The molecular weight excluding hydrogens is 326 g/mol. The average molecular weight is 354 g/mol. The van der Waals surface area contributed by atoms with Gasteiger partial charge in [-0.05, 0) is 37.6 Å². The molecule has 3 rings (SSSR count). The molecule has 2 unspecified atom stereocenters. The van der Waals surface area contributed by atoms with Gasteiger partial charge in [0.05, 0.1) is 11.6 Å². The summed E-state index contributed by atoms with van der Waals surface area (Å²) in [6.07, 6.45) is -0.591. The smallest absolute Gasteiger partial charge is 0.113 e. The van der Waals surface area contributed by atoms with Gasteiger partial charge in [0.15, 0.2) is 0 Å². The molecular formula is C20H27N3OSi. The van der Waals surface area contributed by atoms with Crippen molar-refractivity contribution in [2.24, 2.45) is 0 Å². The number of hydrogen-bond acceptors (Lipinski definition) is 3. The van der Waals surface area contributed by atoms with Gasteiger partial charge in [0.1, 0.15) is 11.1 Å². The zero-order valence-electron chi connectivity index (χ0n) is 15.7. The van der Waals surface area contributed by atoms with Gasteiger partial charge in [-0.2, -0.15) is 0 Å². The minimum Gasteiger partial charge on any atom is -0.391 e. The number of aliphatic hydroxyl groups is 1. The van der Waals surface area contributed by atoms with Crippen LogP contribution in [0.5, 0.6) is 0 Å². The molecule has 2 aromatic carbocycles. The Morgan fingerprint density at radius 1 is 1.08 bits per heavy atom. The summed E-state index contributed by atoms with van der Waals surface area (Å²) >= 11 is 0. The fourth-order valence-electron chi connectivity index (χ4n) is 3.68. The van der Waals surface area contributed by atoms with Crippen molar-refractivity contribution in [3.63, 3.8) is 0 Å². The fraction of sp³-hybridized carbons (Fsp3) is 0.400. The van der Waals surface area contributed by atoms with E-state index in [1.54, 1.807) is 0 Å². The molecule has 1 N–H and O–H groups in total. The predicted octanol–water partition coefficient (Wildman–Crippen LogP) is 4.20. The third-order valence-electron chi connectivity index (χ3n) is 4.77. The molecule has 1 aromatic heterocycles. The van der Waals surface area contributed by atoms with Crippen molar-refractivity contribution >= 4 is 19.1 Å². The minimum absolute atomic E-state index is 0.591. The molecule has 1 heterocycles. The Hall–Kier alpha value is -1.98. The third-order valence-corrected chi connectivity index (χ3v) is 6.37. The number of benzene rings is 2. The molecule has 0 aliphatic heterocycles. The van der Waals surface area contributed by atoms with E-state index in [1.165, 1.54) is 5.56 Å². The van der Waals surface area contributed by atoms with E-state index >= 15 is 0 Å². The van der Waals surface area contributed by atoms with Crippen LogP contribution in [0.2, 0.25) is 25.7 Å². The van der Waals surface area contributed by atoms with Gasteiger partial charge in [-0.15, -0.1) is 5.10 Å². The van der Waals surface area contributed by atoms with Crippen molar-refractivity contribution in [3.05, 3.63) is 59.7 Å². The van der Waals surface area contributed by atoms with Crippen molar-refractivity contribution in [3.8, 4) is 0 Å². The van der Waals surface area contributed by atoms with E-state index in [2.05, 4.69) is 61.1 Å². The monoisotopic (exact) mass is 353 g/mol. The van der Waals surface area contributed by atoms with Gasteiger partial charge < -0.3 is 5.11 Å². The van der Waals surface area contributed by atoms with E-state index in [0.717, 1.165) is 22.6 Å². The predicted molar refractivity (Wildman–Crippen MR) is 106 cm³/mol. The summed E-state index contributed by atoms with van der Waals surface area (Å²) in [7, 11) is -1.54. The Labute approximate surface area is 150 Å². The highest BCUT2D eigenvalue weighted by molar-refractivity contribution is 6.76.